The van der Waals surface area contributed by atoms with Gasteiger partial charge in [-0.15, -0.1) is 13.7 Å². The molecule has 1 heterocycles. The molecule has 98 valence electrons. The highest BCUT2D eigenvalue weighted by Crippen LogP contribution is 2.33. The Morgan fingerprint density at radius 3 is 2.72 bits per heavy atom. The fraction of sp³-hybridized carbons (Fsp3) is 0.143. The first-order chi connectivity index (χ1) is 8.43. The van der Waals surface area contributed by atoms with Crippen LogP contribution >= 0.6 is 0 Å². The number of ether oxygens (including phenoxy) is 1. The van der Waals surface area contributed by atoms with Gasteiger partial charge in [0.05, 0.1) is 18.1 Å². The number of methoxy groups -OCH3 is 1. The summed E-state index contributed by atoms with van der Waals surface area (Å²) in [5.41, 5.74) is 1.31. The number of anilines is 1. The molecule has 1 fully saturated rings. The summed E-state index contributed by atoms with van der Waals surface area (Å²) in [4.78, 5) is 10.1. The summed E-state index contributed by atoms with van der Waals surface area (Å²) >= 11 is 0. The van der Waals surface area contributed by atoms with Gasteiger partial charge >= 0.3 is 10.4 Å². The van der Waals surface area contributed by atoms with E-state index in [0.717, 1.165) is 6.07 Å². The fourth-order valence-electron chi connectivity index (χ4n) is 1.24. The van der Waals surface area contributed by atoms with Gasteiger partial charge in [0, 0.05) is 0 Å². The van der Waals surface area contributed by atoms with Crippen molar-refractivity contribution in [1.29, 1.82) is 0 Å². The van der Waals surface area contributed by atoms with Gasteiger partial charge in [-0.05, 0) is 12.1 Å². The van der Waals surface area contributed by atoms with E-state index in [-0.39, 0.29) is 11.4 Å². The third kappa shape index (κ3) is 2.33. The van der Waals surface area contributed by atoms with Crippen LogP contribution in [-0.2, 0) is 19.0 Å². The second kappa shape index (κ2) is 4.38. The van der Waals surface area contributed by atoms with Gasteiger partial charge in [-0.1, -0.05) is 5.59 Å². The lowest BCUT2D eigenvalue weighted by molar-refractivity contribution is -0.384. The normalized spacial score (nSPS) is 17.7. The molecule has 18 heavy (non-hydrogen) atoms. The summed E-state index contributed by atoms with van der Waals surface area (Å²) < 4.78 is 35.0. The summed E-state index contributed by atoms with van der Waals surface area (Å²) in [6, 6.07) is 3.76. The Bertz CT molecular complexity index is 587. The Hall–Kier alpha value is -1.95. The van der Waals surface area contributed by atoms with Crippen molar-refractivity contribution >= 4 is 21.8 Å². The number of hydrazine groups is 1. The largest absolute Gasteiger partial charge is 0.496 e. The molecule has 0 amide bonds. The lowest BCUT2D eigenvalue weighted by Crippen LogP contribution is -2.28. The summed E-state index contributed by atoms with van der Waals surface area (Å²) in [5, 5.41) is 11.4. The van der Waals surface area contributed by atoms with Crippen molar-refractivity contribution in [2.24, 2.45) is 0 Å². The molecule has 2 rings (SSSR count). The van der Waals surface area contributed by atoms with Gasteiger partial charge in [-0.25, -0.2) is 0 Å². The maximum atomic E-state index is 10.9. The van der Waals surface area contributed by atoms with Gasteiger partial charge in [0.2, 0.25) is 0 Å². The zero-order valence-corrected chi connectivity index (χ0v) is 9.71. The summed E-state index contributed by atoms with van der Waals surface area (Å²) in [5.74, 6) is 0.244. The second-order valence-corrected chi connectivity index (χ2v) is 4.20. The first-order valence-corrected chi connectivity index (χ1v) is 5.77. The quantitative estimate of drug-likeness (QED) is 0.602. The molecule has 0 atom stereocenters. The second-order valence-electron chi connectivity index (χ2n) is 3.06. The SMILES string of the molecule is COc1ccc(N2NOS(=O)(=O)O2)c([N+](=O)[O-])c1. The van der Waals surface area contributed by atoms with Crippen LogP contribution in [0.1, 0.15) is 0 Å². The maximum Gasteiger partial charge on any atom is 0.440 e. The van der Waals surface area contributed by atoms with Crippen LogP contribution in [0.25, 0.3) is 0 Å². The fourth-order valence-corrected chi connectivity index (χ4v) is 1.72. The molecule has 0 unspecified atom stereocenters. The standard InChI is InChI=1S/C7H7N3O7S/c1-15-5-2-3-6(7(4-5)10(11)12)9-8-16-18(13,14)17-9/h2-4,8H,1H3. The van der Waals surface area contributed by atoms with Crippen molar-refractivity contribution in [3.63, 3.8) is 0 Å². The van der Waals surface area contributed by atoms with E-state index in [0.29, 0.717) is 5.17 Å². The first-order valence-electron chi connectivity index (χ1n) is 4.44. The molecule has 1 aliphatic rings. The van der Waals surface area contributed by atoms with E-state index in [1.807, 2.05) is 5.59 Å². The van der Waals surface area contributed by atoms with E-state index in [1.54, 1.807) is 0 Å². The molecule has 1 aliphatic heterocycles. The van der Waals surface area contributed by atoms with Crippen LogP contribution in [-0.4, -0.2) is 20.5 Å². The zero-order valence-electron chi connectivity index (χ0n) is 8.89. The van der Waals surface area contributed by atoms with E-state index in [1.165, 1.54) is 19.2 Å². The van der Waals surface area contributed by atoms with Crippen LogP contribution in [0.4, 0.5) is 11.4 Å². The monoisotopic (exact) mass is 277 g/mol. The molecule has 0 saturated carbocycles. The average Bonchev–Trinajstić information content (AvgIpc) is 2.68. The third-order valence-corrected chi connectivity index (χ3v) is 2.60. The van der Waals surface area contributed by atoms with Crippen LogP contribution < -0.4 is 15.5 Å². The highest BCUT2D eigenvalue weighted by molar-refractivity contribution is 7.82. The molecule has 1 aromatic carbocycles. The molecule has 0 aliphatic carbocycles. The predicted octanol–water partition coefficient (Wildman–Crippen LogP) is 0.0360. The topological polar surface area (TPSA) is 120 Å². The lowest BCUT2D eigenvalue weighted by atomic mass is 10.2. The van der Waals surface area contributed by atoms with E-state index in [9.17, 15) is 18.5 Å². The molecule has 0 bridgehead atoms. The summed E-state index contributed by atoms with van der Waals surface area (Å²) in [7, 11) is -2.90. The van der Waals surface area contributed by atoms with E-state index in [2.05, 4.69) is 8.57 Å². The van der Waals surface area contributed by atoms with Gasteiger partial charge < -0.3 is 4.74 Å². The van der Waals surface area contributed by atoms with Crippen LogP contribution in [0.15, 0.2) is 18.2 Å². The molecule has 11 heteroatoms. The van der Waals surface area contributed by atoms with E-state index >= 15 is 0 Å². The number of nitro groups is 1. The lowest BCUT2D eigenvalue weighted by Gasteiger charge is -2.11. The molecular weight excluding hydrogens is 270 g/mol. The molecule has 1 saturated heterocycles. The van der Waals surface area contributed by atoms with E-state index < -0.39 is 21.0 Å². The Morgan fingerprint density at radius 2 is 2.22 bits per heavy atom. The molecule has 1 aromatic rings. The first kappa shape index (κ1) is 12.5. The highest BCUT2D eigenvalue weighted by Gasteiger charge is 2.33. The molecular formula is C7H7N3O7S. The smallest absolute Gasteiger partial charge is 0.440 e. The van der Waals surface area contributed by atoms with Crippen LogP contribution in [0, 0.1) is 10.1 Å². The number of hydrogen-bond acceptors (Lipinski definition) is 9. The van der Waals surface area contributed by atoms with Crippen molar-refractivity contribution < 1.29 is 26.6 Å². The Balaban J connectivity index is 2.42. The minimum Gasteiger partial charge on any atom is -0.496 e. The molecule has 0 radical (unpaired) electrons. The van der Waals surface area contributed by atoms with Crippen molar-refractivity contribution in [2.45, 2.75) is 0 Å². The third-order valence-electron chi connectivity index (χ3n) is 1.99. The molecule has 10 nitrogen and oxygen atoms in total. The van der Waals surface area contributed by atoms with Crippen molar-refractivity contribution in [3.8, 4) is 5.75 Å². The van der Waals surface area contributed by atoms with Crippen LogP contribution in [0.5, 0.6) is 5.75 Å². The number of nitrogens with one attached hydrogen (secondary N) is 1. The van der Waals surface area contributed by atoms with Crippen LogP contribution in [0.3, 0.4) is 0 Å². The number of nitro benzene ring substituents is 1. The Labute approximate surface area is 101 Å². The van der Waals surface area contributed by atoms with Crippen molar-refractivity contribution in [2.75, 3.05) is 12.3 Å². The molecule has 0 spiro atoms. The van der Waals surface area contributed by atoms with Crippen molar-refractivity contribution in [1.82, 2.24) is 5.59 Å². The minimum absolute atomic E-state index is 0.151. The van der Waals surface area contributed by atoms with E-state index in [4.69, 9.17) is 4.74 Å². The number of nitrogens with zero attached hydrogens (tertiary/aromatic N) is 2. The van der Waals surface area contributed by atoms with Gasteiger partial charge in [0.25, 0.3) is 5.69 Å². The Morgan fingerprint density at radius 1 is 1.50 bits per heavy atom. The average molecular weight is 277 g/mol. The van der Waals surface area contributed by atoms with Crippen LogP contribution in [0.2, 0.25) is 0 Å². The summed E-state index contributed by atoms with van der Waals surface area (Å²) in [6.45, 7) is 0. The molecule has 0 aromatic heterocycles. The van der Waals surface area contributed by atoms with Gasteiger partial charge in [0.1, 0.15) is 5.75 Å². The zero-order chi connectivity index (χ0) is 13.3. The van der Waals surface area contributed by atoms with Gasteiger partial charge in [-0.3, -0.25) is 10.1 Å². The van der Waals surface area contributed by atoms with Crippen molar-refractivity contribution in [3.05, 3.63) is 28.3 Å². The number of rotatable bonds is 3. The minimum atomic E-state index is -4.24. The Kier molecular flexibility index (Phi) is 3.04. The van der Waals surface area contributed by atoms with Gasteiger partial charge in [0.15, 0.2) is 5.69 Å². The predicted molar refractivity (Wildman–Crippen MR) is 56.4 cm³/mol. The maximum absolute atomic E-state index is 10.9. The van der Waals surface area contributed by atoms with Gasteiger partial charge in [-0.2, -0.15) is 8.42 Å². The highest BCUT2D eigenvalue weighted by atomic mass is 32.3. The summed E-state index contributed by atoms with van der Waals surface area (Å²) in [6.07, 6.45) is 0. The number of benzene rings is 1. The number of hydrogen-bond donors (Lipinski definition) is 1. The molecule has 1 N–H and O–H groups in total.